The van der Waals surface area contributed by atoms with Crippen molar-refractivity contribution >= 4 is 33.9 Å². The molecule has 0 saturated carbocycles. The summed E-state index contributed by atoms with van der Waals surface area (Å²) in [5.74, 6) is 1.67. The van der Waals surface area contributed by atoms with Crippen LogP contribution in [0, 0.1) is 0 Å². The average Bonchev–Trinajstić information content (AvgIpc) is 2.73. The SMILES string of the molecule is COc1ccc(N2CS/C(=N/Nc3ccccc3)c3ccccc32)cc1. The van der Waals surface area contributed by atoms with Crippen LogP contribution in [-0.4, -0.2) is 18.0 Å². The maximum Gasteiger partial charge on any atom is 0.127 e. The summed E-state index contributed by atoms with van der Waals surface area (Å²) in [6, 6.07) is 26.5. The normalized spacial score (nSPS) is 14.8. The van der Waals surface area contributed by atoms with Crippen molar-refractivity contribution in [2.24, 2.45) is 5.10 Å². The number of rotatable bonds is 4. The van der Waals surface area contributed by atoms with Crippen LogP contribution in [0.5, 0.6) is 5.75 Å². The molecule has 4 rings (SSSR count). The fourth-order valence-corrected chi connectivity index (χ4v) is 3.84. The summed E-state index contributed by atoms with van der Waals surface area (Å²) in [7, 11) is 1.68. The molecule has 3 aromatic rings. The van der Waals surface area contributed by atoms with Gasteiger partial charge in [0.2, 0.25) is 0 Å². The van der Waals surface area contributed by atoms with Crippen molar-refractivity contribution in [2.75, 3.05) is 23.3 Å². The quantitative estimate of drug-likeness (QED) is 0.639. The van der Waals surface area contributed by atoms with E-state index >= 15 is 0 Å². The highest BCUT2D eigenvalue weighted by atomic mass is 32.2. The zero-order valence-electron chi connectivity index (χ0n) is 14.4. The Kier molecular flexibility index (Phi) is 4.80. The number of hydrogen-bond acceptors (Lipinski definition) is 5. The number of thioether (sulfide) groups is 1. The van der Waals surface area contributed by atoms with Crippen molar-refractivity contribution in [2.45, 2.75) is 0 Å². The van der Waals surface area contributed by atoms with Gasteiger partial charge in [0.05, 0.1) is 24.4 Å². The molecular weight excluding hydrogens is 342 g/mol. The number of hydrazone groups is 1. The van der Waals surface area contributed by atoms with Crippen LogP contribution in [0.4, 0.5) is 17.1 Å². The third-order valence-corrected chi connectivity index (χ3v) is 5.17. The number of hydrogen-bond donors (Lipinski definition) is 1. The van der Waals surface area contributed by atoms with Crippen molar-refractivity contribution in [1.82, 2.24) is 0 Å². The summed E-state index contributed by atoms with van der Waals surface area (Å²) in [6.07, 6.45) is 0. The number of benzene rings is 3. The Balaban J connectivity index is 1.64. The van der Waals surface area contributed by atoms with Gasteiger partial charge in [-0.2, -0.15) is 5.10 Å². The number of nitrogens with zero attached hydrogens (tertiary/aromatic N) is 2. The van der Waals surface area contributed by atoms with Gasteiger partial charge < -0.3 is 9.64 Å². The van der Waals surface area contributed by atoms with Gasteiger partial charge in [-0.3, -0.25) is 5.43 Å². The molecule has 26 heavy (non-hydrogen) atoms. The van der Waals surface area contributed by atoms with Crippen LogP contribution in [0.1, 0.15) is 5.56 Å². The maximum atomic E-state index is 5.27. The molecule has 3 aromatic carbocycles. The molecule has 0 bridgehead atoms. The van der Waals surface area contributed by atoms with Gasteiger partial charge in [-0.1, -0.05) is 48.2 Å². The predicted molar refractivity (Wildman–Crippen MR) is 111 cm³/mol. The van der Waals surface area contributed by atoms with Crippen LogP contribution in [-0.2, 0) is 0 Å². The molecule has 0 aromatic heterocycles. The Hall–Kier alpha value is -2.92. The van der Waals surface area contributed by atoms with Crippen LogP contribution in [0.3, 0.4) is 0 Å². The minimum absolute atomic E-state index is 0.804. The molecular formula is C21H19N3OS. The topological polar surface area (TPSA) is 36.9 Å². The van der Waals surface area contributed by atoms with Crippen LogP contribution in [0.25, 0.3) is 0 Å². The Bertz CT molecular complexity index is 910. The number of para-hydroxylation sites is 2. The van der Waals surface area contributed by atoms with E-state index in [1.807, 2.05) is 42.5 Å². The Labute approximate surface area is 157 Å². The standard InChI is InChI=1S/C21H19N3OS/c1-25-18-13-11-17(12-14-18)24-15-26-21(19-9-5-6-10-20(19)24)23-22-16-7-3-2-4-8-16/h2-14,22H,15H2,1H3/b23-21+. The minimum Gasteiger partial charge on any atom is -0.497 e. The number of anilines is 3. The Morgan fingerprint density at radius 1 is 0.923 bits per heavy atom. The van der Waals surface area contributed by atoms with Crippen LogP contribution >= 0.6 is 11.8 Å². The van der Waals surface area contributed by atoms with Crippen molar-refractivity contribution in [1.29, 1.82) is 0 Å². The molecule has 0 amide bonds. The van der Waals surface area contributed by atoms with Gasteiger partial charge in [0.15, 0.2) is 0 Å². The number of ether oxygens (including phenoxy) is 1. The molecule has 1 heterocycles. The molecule has 0 fully saturated rings. The van der Waals surface area contributed by atoms with Crippen molar-refractivity contribution in [3.05, 3.63) is 84.4 Å². The van der Waals surface area contributed by atoms with E-state index in [4.69, 9.17) is 4.74 Å². The largest absolute Gasteiger partial charge is 0.497 e. The first-order valence-electron chi connectivity index (χ1n) is 8.38. The second kappa shape index (κ2) is 7.54. The first-order valence-corrected chi connectivity index (χ1v) is 9.36. The van der Waals surface area contributed by atoms with Gasteiger partial charge in [-0.05, 0) is 42.5 Å². The predicted octanol–water partition coefficient (Wildman–Crippen LogP) is 5.31. The van der Waals surface area contributed by atoms with Crippen LogP contribution in [0.2, 0.25) is 0 Å². The smallest absolute Gasteiger partial charge is 0.127 e. The van der Waals surface area contributed by atoms with E-state index in [1.54, 1.807) is 18.9 Å². The highest BCUT2D eigenvalue weighted by molar-refractivity contribution is 8.14. The average molecular weight is 361 g/mol. The second-order valence-corrected chi connectivity index (χ2v) is 6.74. The Morgan fingerprint density at radius 2 is 1.65 bits per heavy atom. The van der Waals surface area contributed by atoms with Gasteiger partial charge >= 0.3 is 0 Å². The number of methoxy groups -OCH3 is 1. The van der Waals surface area contributed by atoms with E-state index < -0.39 is 0 Å². The summed E-state index contributed by atoms with van der Waals surface area (Å²) in [4.78, 5) is 2.29. The molecule has 0 atom stereocenters. The van der Waals surface area contributed by atoms with Crippen molar-refractivity contribution < 1.29 is 4.74 Å². The molecule has 0 unspecified atom stereocenters. The Morgan fingerprint density at radius 3 is 2.42 bits per heavy atom. The molecule has 1 aliphatic heterocycles. The van der Waals surface area contributed by atoms with E-state index in [0.717, 1.165) is 39.3 Å². The number of nitrogens with one attached hydrogen (secondary N) is 1. The summed E-state index contributed by atoms with van der Waals surface area (Å²) in [5, 5.41) is 5.63. The lowest BCUT2D eigenvalue weighted by molar-refractivity contribution is 0.415. The third-order valence-electron chi connectivity index (χ3n) is 4.20. The molecule has 130 valence electrons. The van der Waals surface area contributed by atoms with Gasteiger partial charge in [0.25, 0.3) is 0 Å². The molecule has 5 heteroatoms. The molecule has 0 spiro atoms. The van der Waals surface area contributed by atoms with Gasteiger partial charge in [0, 0.05) is 11.3 Å². The molecule has 0 saturated heterocycles. The molecule has 1 N–H and O–H groups in total. The van der Waals surface area contributed by atoms with Crippen LogP contribution in [0.15, 0.2) is 84.0 Å². The van der Waals surface area contributed by atoms with E-state index in [0.29, 0.717) is 0 Å². The minimum atomic E-state index is 0.804. The zero-order chi connectivity index (χ0) is 17.8. The van der Waals surface area contributed by atoms with E-state index in [2.05, 4.69) is 51.8 Å². The first kappa shape index (κ1) is 16.5. The van der Waals surface area contributed by atoms with Gasteiger partial charge in [0.1, 0.15) is 10.8 Å². The first-order chi connectivity index (χ1) is 12.8. The van der Waals surface area contributed by atoms with Crippen LogP contribution < -0.4 is 15.1 Å². The summed E-state index contributed by atoms with van der Waals surface area (Å²) in [6.45, 7) is 0. The summed E-state index contributed by atoms with van der Waals surface area (Å²) < 4.78 is 5.27. The fraction of sp³-hybridized carbons (Fsp3) is 0.0952. The molecule has 0 radical (unpaired) electrons. The second-order valence-electron chi connectivity index (χ2n) is 5.81. The third kappa shape index (κ3) is 3.39. The summed E-state index contributed by atoms with van der Waals surface area (Å²) >= 11 is 1.72. The van der Waals surface area contributed by atoms with Crippen molar-refractivity contribution in [3.63, 3.8) is 0 Å². The summed E-state index contributed by atoms with van der Waals surface area (Å²) in [5.41, 5.74) is 7.56. The van der Waals surface area contributed by atoms with E-state index in [1.165, 1.54) is 0 Å². The van der Waals surface area contributed by atoms with E-state index in [-0.39, 0.29) is 0 Å². The molecule has 4 nitrogen and oxygen atoms in total. The van der Waals surface area contributed by atoms with Gasteiger partial charge in [-0.25, -0.2) is 0 Å². The molecule has 0 aliphatic carbocycles. The lowest BCUT2D eigenvalue weighted by Crippen LogP contribution is -2.24. The monoisotopic (exact) mass is 361 g/mol. The lowest BCUT2D eigenvalue weighted by Gasteiger charge is -2.31. The van der Waals surface area contributed by atoms with Gasteiger partial charge in [-0.15, -0.1) is 0 Å². The fourth-order valence-electron chi connectivity index (χ4n) is 2.86. The van der Waals surface area contributed by atoms with E-state index in [9.17, 15) is 0 Å². The highest BCUT2D eigenvalue weighted by Crippen LogP contribution is 2.37. The molecule has 1 aliphatic rings. The zero-order valence-corrected chi connectivity index (χ0v) is 15.2. The highest BCUT2D eigenvalue weighted by Gasteiger charge is 2.23. The lowest BCUT2D eigenvalue weighted by atomic mass is 10.1. The van der Waals surface area contributed by atoms with Crippen molar-refractivity contribution in [3.8, 4) is 5.75 Å². The number of fused-ring (bicyclic) bond motifs is 1. The maximum absolute atomic E-state index is 5.27.